The molecule has 1 amide bonds. The highest BCUT2D eigenvalue weighted by molar-refractivity contribution is 8.00. The summed E-state index contributed by atoms with van der Waals surface area (Å²) in [7, 11) is 0. The van der Waals surface area contributed by atoms with Crippen molar-refractivity contribution < 1.29 is 4.79 Å². The molecule has 1 unspecified atom stereocenters. The van der Waals surface area contributed by atoms with Gasteiger partial charge in [-0.15, -0.1) is 11.8 Å². The molecule has 2 aromatic rings. The number of aryl methyl sites for hydroxylation is 1. The number of fused-ring (bicyclic) bond motifs is 1. The SMILES string of the molecule is Cc1ccc(C2Sc3ccccc3NC2=O)cc1. The van der Waals surface area contributed by atoms with Gasteiger partial charge >= 0.3 is 0 Å². The van der Waals surface area contributed by atoms with E-state index in [1.165, 1.54) is 5.56 Å². The van der Waals surface area contributed by atoms with Gasteiger partial charge in [-0.1, -0.05) is 42.0 Å². The minimum Gasteiger partial charge on any atom is -0.324 e. The highest BCUT2D eigenvalue weighted by Crippen LogP contribution is 2.43. The van der Waals surface area contributed by atoms with E-state index in [1.807, 2.05) is 55.5 Å². The number of thioether (sulfide) groups is 1. The van der Waals surface area contributed by atoms with Crippen molar-refractivity contribution in [3.8, 4) is 0 Å². The second kappa shape index (κ2) is 4.50. The van der Waals surface area contributed by atoms with Crippen LogP contribution in [0.1, 0.15) is 16.4 Å². The average Bonchev–Trinajstić information content (AvgIpc) is 2.39. The van der Waals surface area contributed by atoms with Gasteiger partial charge in [0, 0.05) is 4.90 Å². The maximum absolute atomic E-state index is 12.1. The quantitative estimate of drug-likeness (QED) is 0.840. The van der Waals surface area contributed by atoms with Gasteiger partial charge in [-0.2, -0.15) is 0 Å². The monoisotopic (exact) mass is 255 g/mol. The lowest BCUT2D eigenvalue weighted by molar-refractivity contribution is -0.115. The van der Waals surface area contributed by atoms with Crippen molar-refractivity contribution in [1.29, 1.82) is 0 Å². The minimum absolute atomic E-state index is 0.0579. The zero-order valence-electron chi connectivity index (χ0n) is 10.0. The van der Waals surface area contributed by atoms with E-state index < -0.39 is 0 Å². The zero-order chi connectivity index (χ0) is 12.5. The maximum Gasteiger partial charge on any atom is 0.242 e. The van der Waals surface area contributed by atoms with Crippen molar-refractivity contribution in [3.63, 3.8) is 0 Å². The standard InChI is InChI=1S/C15H13NOS/c1-10-6-8-11(9-7-10)14-15(17)16-12-4-2-3-5-13(12)18-14/h2-9,14H,1H3,(H,16,17). The Kier molecular flexibility index (Phi) is 2.84. The average molecular weight is 255 g/mol. The van der Waals surface area contributed by atoms with E-state index in [4.69, 9.17) is 0 Å². The lowest BCUT2D eigenvalue weighted by atomic mass is 10.1. The number of rotatable bonds is 1. The molecule has 1 aliphatic rings. The Labute approximate surface area is 110 Å². The first-order valence-electron chi connectivity index (χ1n) is 5.87. The Bertz CT molecular complexity index is 592. The van der Waals surface area contributed by atoms with Crippen LogP contribution in [0.3, 0.4) is 0 Å². The highest BCUT2D eigenvalue weighted by Gasteiger charge is 2.27. The molecule has 0 aromatic heterocycles. The van der Waals surface area contributed by atoms with E-state index in [9.17, 15) is 4.79 Å². The number of amides is 1. The van der Waals surface area contributed by atoms with E-state index in [-0.39, 0.29) is 11.2 Å². The summed E-state index contributed by atoms with van der Waals surface area (Å²) in [4.78, 5) is 13.2. The number of hydrogen-bond donors (Lipinski definition) is 1. The van der Waals surface area contributed by atoms with Crippen LogP contribution in [0, 0.1) is 6.92 Å². The second-order valence-corrected chi connectivity index (χ2v) is 5.54. The van der Waals surface area contributed by atoms with E-state index in [1.54, 1.807) is 11.8 Å². The smallest absolute Gasteiger partial charge is 0.242 e. The number of hydrogen-bond acceptors (Lipinski definition) is 2. The van der Waals surface area contributed by atoms with Gasteiger partial charge in [0.15, 0.2) is 0 Å². The first kappa shape index (κ1) is 11.4. The van der Waals surface area contributed by atoms with E-state index in [0.29, 0.717) is 0 Å². The third-order valence-corrected chi connectivity index (χ3v) is 4.34. The topological polar surface area (TPSA) is 29.1 Å². The van der Waals surface area contributed by atoms with Gasteiger partial charge in [-0.3, -0.25) is 4.79 Å². The van der Waals surface area contributed by atoms with E-state index in [2.05, 4.69) is 5.32 Å². The van der Waals surface area contributed by atoms with Gasteiger partial charge < -0.3 is 5.32 Å². The van der Waals surface area contributed by atoms with E-state index in [0.717, 1.165) is 16.1 Å². The molecule has 2 nitrogen and oxygen atoms in total. The molecule has 0 saturated heterocycles. The van der Waals surface area contributed by atoms with Crippen LogP contribution < -0.4 is 5.32 Å². The summed E-state index contributed by atoms with van der Waals surface area (Å²) in [5, 5.41) is 2.81. The Morgan fingerprint density at radius 1 is 1.06 bits per heavy atom. The van der Waals surface area contributed by atoms with Crippen LogP contribution >= 0.6 is 11.8 Å². The largest absolute Gasteiger partial charge is 0.324 e. The molecule has 0 aliphatic carbocycles. The molecule has 1 N–H and O–H groups in total. The van der Waals surface area contributed by atoms with Crippen LogP contribution in [0.4, 0.5) is 5.69 Å². The molecule has 2 aromatic carbocycles. The summed E-state index contributed by atoms with van der Waals surface area (Å²) in [6.45, 7) is 2.05. The summed E-state index contributed by atoms with van der Waals surface area (Å²) in [6.07, 6.45) is 0. The second-order valence-electron chi connectivity index (χ2n) is 4.39. The third-order valence-electron chi connectivity index (χ3n) is 3.01. The number of anilines is 1. The van der Waals surface area contributed by atoms with Gasteiger partial charge in [-0.25, -0.2) is 0 Å². The molecule has 3 rings (SSSR count). The molecular weight excluding hydrogens is 242 g/mol. The molecule has 0 fully saturated rings. The Morgan fingerprint density at radius 3 is 2.56 bits per heavy atom. The van der Waals surface area contributed by atoms with Crippen LogP contribution in [0.15, 0.2) is 53.4 Å². The molecule has 0 radical (unpaired) electrons. The van der Waals surface area contributed by atoms with Gasteiger partial charge in [-0.05, 0) is 24.6 Å². The Morgan fingerprint density at radius 2 is 1.78 bits per heavy atom. The van der Waals surface area contributed by atoms with Crippen LogP contribution in [-0.4, -0.2) is 5.91 Å². The normalized spacial score (nSPS) is 18.1. The summed E-state index contributed by atoms with van der Waals surface area (Å²) in [5.74, 6) is 0.0579. The van der Waals surface area contributed by atoms with Crippen LogP contribution in [-0.2, 0) is 4.79 Å². The third kappa shape index (κ3) is 2.02. The zero-order valence-corrected chi connectivity index (χ0v) is 10.8. The molecular formula is C15H13NOS. The molecule has 3 heteroatoms. The summed E-state index contributed by atoms with van der Waals surface area (Å²) >= 11 is 1.61. The van der Waals surface area contributed by atoms with Gasteiger partial charge in [0.1, 0.15) is 5.25 Å². The van der Waals surface area contributed by atoms with Crippen molar-refractivity contribution in [2.24, 2.45) is 0 Å². The number of carbonyl (C=O) groups excluding carboxylic acids is 1. The first-order chi connectivity index (χ1) is 8.74. The van der Waals surface area contributed by atoms with E-state index >= 15 is 0 Å². The summed E-state index contributed by atoms with van der Waals surface area (Å²) in [5.41, 5.74) is 3.17. The van der Waals surface area contributed by atoms with Crippen molar-refractivity contribution in [2.45, 2.75) is 17.1 Å². The van der Waals surface area contributed by atoms with Crippen molar-refractivity contribution >= 4 is 23.4 Å². The summed E-state index contributed by atoms with van der Waals surface area (Å²) < 4.78 is 0. The predicted molar refractivity (Wildman–Crippen MR) is 74.8 cm³/mol. The van der Waals surface area contributed by atoms with Crippen LogP contribution in [0.2, 0.25) is 0 Å². The van der Waals surface area contributed by atoms with Crippen molar-refractivity contribution in [3.05, 3.63) is 59.7 Å². The molecule has 18 heavy (non-hydrogen) atoms. The molecule has 0 bridgehead atoms. The first-order valence-corrected chi connectivity index (χ1v) is 6.75. The Balaban J connectivity index is 1.95. The fourth-order valence-electron chi connectivity index (χ4n) is 2.01. The summed E-state index contributed by atoms with van der Waals surface area (Å²) in [6, 6.07) is 16.1. The molecule has 90 valence electrons. The number of benzene rings is 2. The molecule has 1 heterocycles. The Hall–Kier alpha value is -1.74. The molecule has 0 spiro atoms. The van der Waals surface area contributed by atoms with Crippen molar-refractivity contribution in [1.82, 2.24) is 0 Å². The van der Waals surface area contributed by atoms with Crippen molar-refractivity contribution in [2.75, 3.05) is 5.32 Å². The molecule has 1 aliphatic heterocycles. The molecule has 1 atom stereocenters. The van der Waals surface area contributed by atoms with Gasteiger partial charge in [0.25, 0.3) is 0 Å². The van der Waals surface area contributed by atoms with Crippen LogP contribution in [0.25, 0.3) is 0 Å². The number of para-hydroxylation sites is 1. The van der Waals surface area contributed by atoms with Crippen LogP contribution in [0.5, 0.6) is 0 Å². The minimum atomic E-state index is -0.152. The lowest BCUT2D eigenvalue weighted by Gasteiger charge is -2.24. The number of carbonyl (C=O) groups is 1. The fourth-order valence-corrected chi connectivity index (χ4v) is 3.13. The lowest BCUT2D eigenvalue weighted by Crippen LogP contribution is -2.22. The number of nitrogens with one attached hydrogen (secondary N) is 1. The fraction of sp³-hybridized carbons (Fsp3) is 0.133. The molecule has 0 saturated carbocycles. The van der Waals surface area contributed by atoms with Gasteiger partial charge in [0.05, 0.1) is 5.69 Å². The highest BCUT2D eigenvalue weighted by atomic mass is 32.2. The maximum atomic E-state index is 12.1. The van der Waals surface area contributed by atoms with Gasteiger partial charge in [0.2, 0.25) is 5.91 Å². The predicted octanol–water partition coefficient (Wildman–Crippen LogP) is 3.78.